The van der Waals surface area contributed by atoms with Gasteiger partial charge in [0.2, 0.25) is 0 Å². The molecular weight excluding hydrogens is 306 g/mol. The maximum atomic E-state index is 12.8. The van der Waals surface area contributed by atoms with Crippen molar-refractivity contribution in [1.82, 2.24) is 4.90 Å². The molecule has 2 aromatic rings. The third-order valence-corrected chi connectivity index (χ3v) is 4.53. The van der Waals surface area contributed by atoms with Gasteiger partial charge in [0.05, 0.1) is 4.92 Å². The van der Waals surface area contributed by atoms with Crippen LogP contribution in [0.15, 0.2) is 48.5 Å². The maximum absolute atomic E-state index is 12.8. The highest BCUT2D eigenvalue weighted by Gasteiger charge is 2.34. The van der Waals surface area contributed by atoms with E-state index in [4.69, 9.17) is 5.73 Å². The molecule has 1 fully saturated rings. The minimum absolute atomic E-state index is 0.00987. The largest absolute Gasteiger partial charge is 0.336 e. The quantitative estimate of drug-likeness (QED) is 0.693. The van der Waals surface area contributed by atoms with Crippen LogP contribution in [0.1, 0.15) is 27.4 Å². The number of hydrogen-bond acceptors (Lipinski definition) is 4. The van der Waals surface area contributed by atoms with Gasteiger partial charge in [-0.2, -0.15) is 0 Å². The van der Waals surface area contributed by atoms with Gasteiger partial charge in [-0.15, -0.1) is 0 Å². The standard InChI is InChI=1S/C18H19N3O3/c1-12-9-14(21(23)24)7-8-15(12)18(22)20-10-16(17(19)11-20)13-5-3-2-4-6-13/h2-9,16-17H,10-11,19H2,1H3/t16-,17+/m0/s1. The molecule has 2 atom stereocenters. The van der Waals surface area contributed by atoms with Gasteiger partial charge < -0.3 is 10.6 Å². The van der Waals surface area contributed by atoms with Crippen molar-refractivity contribution in [2.75, 3.05) is 13.1 Å². The van der Waals surface area contributed by atoms with Crippen molar-refractivity contribution in [3.8, 4) is 0 Å². The fourth-order valence-electron chi connectivity index (χ4n) is 3.22. The zero-order valence-corrected chi connectivity index (χ0v) is 13.4. The third-order valence-electron chi connectivity index (χ3n) is 4.53. The first-order chi connectivity index (χ1) is 11.5. The Balaban J connectivity index is 1.80. The van der Waals surface area contributed by atoms with Crippen molar-refractivity contribution in [1.29, 1.82) is 0 Å². The molecule has 6 nitrogen and oxygen atoms in total. The van der Waals surface area contributed by atoms with Crippen molar-refractivity contribution >= 4 is 11.6 Å². The van der Waals surface area contributed by atoms with E-state index in [2.05, 4.69) is 0 Å². The van der Waals surface area contributed by atoms with Gasteiger partial charge in [0.15, 0.2) is 0 Å². The van der Waals surface area contributed by atoms with Crippen molar-refractivity contribution < 1.29 is 9.72 Å². The highest BCUT2D eigenvalue weighted by Crippen LogP contribution is 2.28. The highest BCUT2D eigenvalue weighted by molar-refractivity contribution is 5.96. The van der Waals surface area contributed by atoms with Crippen LogP contribution in [-0.4, -0.2) is 34.9 Å². The molecular formula is C18H19N3O3. The summed E-state index contributed by atoms with van der Waals surface area (Å²) < 4.78 is 0. The zero-order chi connectivity index (χ0) is 17.3. The SMILES string of the molecule is Cc1cc([N+](=O)[O-])ccc1C(=O)N1C[C@@H](N)[C@H](c2ccccc2)C1. The number of likely N-dealkylation sites (tertiary alicyclic amines) is 1. The molecule has 0 aromatic heterocycles. The zero-order valence-electron chi connectivity index (χ0n) is 13.4. The summed E-state index contributed by atoms with van der Waals surface area (Å²) in [6.07, 6.45) is 0. The van der Waals surface area contributed by atoms with Gasteiger partial charge in [0.1, 0.15) is 0 Å². The summed E-state index contributed by atoms with van der Waals surface area (Å²) in [6.45, 7) is 2.75. The Morgan fingerprint density at radius 1 is 1.21 bits per heavy atom. The molecule has 0 saturated carbocycles. The molecule has 124 valence electrons. The average molecular weight is 325 g/mol. The number of amides is 1. The summed E-state index contributed by atoms with van der Waals surface area (Å²) in [4.78, 5) is 24.9. The molecule has 0 bridgehead atoms. The smallest absolute Gasteiger partial charge is 0.269 e. The second kappa shape index (κ2) is 6.41. The van der Waals surface area contributed by atoms with Gasteiger partial charge >= 0.3 is 0 Å². The second-order valence-electron chi connectivity index (χ2n) is 6.15. The summed E-state index contributed by atoms with van der Waals surface area (Å²) in [5, 5.41) is 10.8. The maximum Gasteiger partial charge on any atom is 0.269 e. The number of aryl methyl sites for hydroxylation is 1. The molecule has 1 amide bonds. The third kappa shape index (κ3) is 3.00. The molecule has 1 aliphatic rings. The lowest BCUT2D eigenvalue weighted by molar-refractivity contribution is -0.384. The van der Waals surface area contributed by atoms with Crippen LogP contribution in [0.2, 0.25) is 0 Å². The number of nitro groups is 1. The number of rotatable bonds is 3. The number of benzene rings is 2. The van der Waals surface area contributed by atoms with Crippen LogP contribution < -0.4 is 5.73 Å². The predicted molar refractivity (Wildman–Crippen MR) is 90.9 cm³/mol. The minimum Gasteiger partial charge on any atom is -0.336 e. The number of hydrogen-bond donors (Lipinski definition) is 1. The van der Waals surface area contributed by atoms with Gasteiger partial charge in [0, 0.05) is 42.7 Å². The molecule has 0 radical (unpaired) electrons. The summed E-state index contributed by atoms with van der Waals surface area (Å²) in [7, 11) is 0. The van der Waals surface area contributed by atoms with Gasteiger partial charge in [0.25, 0.3) is 11.6 Å². The van der Waals surface area contributed by atoms with E-state index in [1.165, 1.54) is 18.2 Å². The highest BCUT2D eigenvalue weighted by atomic mass is 16.6. The van der Waals surface area contributed by atoms with E-state index in [9.17, 15) is 14.9 Å². The lowest BCUT2D eigenvalue weighted by Crippen LogP contribution is -2.32. The van der Waals surface area contributed by atoms with E-state index in [0.29, 0.717) is 24.2 Å². The monoisotopic (exact) mass is 325 g/mol. The van der Waals surface area contributed by atoms with Crippen LogP contribution in [0.25, 0.3) is 0 Å². The first-order valence-corrected chi connectivity index (χ1v) is 7.82. The molecule has 3 rings (SSSR count). The predicted octanol–water partition coefficient (Wildman–Crippen LogP) is 2.47. The van der Waals surface area contributed by atoms with Crippen LogP contribution in [0.3, 0.4) is 0 Å². The number of nitrogens with two attached hydrogens (primary N) is 1. The number of carbonyl (C=O) groups excluding carboxylic acids is 1. The Hall–Kier alpha value is -2.73. The van der Waals surface area contributed by atoms with Gasteiger partial charge in [-0.05, 0) is 24.1 Å². The van der Waals surface area contributed by atoms with Crippen LogP contribution >= 0.6 is 0 Å². The Morgan fingerprint density at radius 3 is 2.54 bits per heavy atom. The molecule has 0 aliphatic carbocycles. The summed E-state index contributed by atoms with van der Waals surface area (Å²) in [5.74, 6) is -0.0233. The molecule has 1 aliphatic heterocycles. The van der Waals surface area contributed by atoms with Crippen molar-refractivity contribution in [3.05, 3.63) is 75.3 Å². The Morgan fingerprint density at radius 2 is 1.92 bits per heavy atom. The van der Waals surface area contributed by atoms with Gasteiger partial charge in [-0.25, -0.2) is 0 Å². The van der Waals surface area contributed by atoms with Crippen molar-refractivity contribution in [3.63, 3.8) is 0 Å². The first-order valence-electron chi connectivity index (χ1n) is 7.82. The van der Waals surface area contributed by atoms with Gasteiger partial charge in [-0.1, -0.05) is 30.3 Å². The summed E-state index contributed by atoms with van der Waals surface area (Å²) in [5.41, 5.74) is 8.44. The van der Waals surface area contributed by atoms with E-state index in [1.54, 1.807) is 11.8 Å². The number of carbonyl (C=O) groups is 1. The van der Waals surface area contributed by atoms with E-state index >= 15 is 0 Å². The van der Waals surface area contributed by atoms with Crippen LogP contribution in [0.5, 0.6) is 0 Å². The van der Waals surface area contributed by atoms with Crippen LogP contribution in [0.4, 0.5) is 5.69 Å². The normalized spacial score (nSPS) is 20.2. The molecule has 0 spiro atoms. The molecule has 2 aromatic carbocycles. The fourth-order valence-corrected chi connectivity index (χ4v) is 3.22. The number of non-ortho nitro benzene ring substituents is 1. The lowest BCUT2D eigenvalue weighted by atomic mass is 9.95. The van der Waals surface area contributed by atoms with Crippen molar-refractivity contribution in [2.24, 2.45) is 5.73 Å². The lowest BCUT2D eigenvalue weighted by Gasteiger charge is -2.17. The molecule has 1 heterocycles. The minimum atomic E-state index is -0.460. The van der Waals surface area contributed by atoms with Gasteiger partial charge in [-0.3, -0.25) is 14.9 Å². The topological polar surface area (TPSA) is 89.5 Å². The first kappa shape index (κ1) is 16.1. The van der Waals surface area contributed by atoms with E-state index in [-0.39, 0.29) is 23.6 Å². The fraction of sp³-hybridized carbons (Fsp3) is 0.278. The number of nitrogens with zero attached hydrogens (tertiary/aromatic N) is 2. The Labute approximate surface area is 140 Å². The summed E-state index contributed by atoms with van der Waals surface area (Å²) >= 11 is 0. The Bertz CT molecular complexity index is 776. The molecule has 1 saturated heterocycles. The number of nitro benzene ring substituents is 1. The second-order valence-corrected chi connectivity index (χ2v) is 6.15. The van der Waals surface area contributed by atoms with E-state index in [1.807, 2.05) is 30.3 Å². The summed E-state index contributed by atoms with van der Waals surface area (Å²) in [6, 6.07) is 14.1. The van der Waals surface area contributed by atoms with E-state index < -0.39 is 4.92 Å². The molecule has 6 heteroatoms. The Kier molecular flexibility index (Phi) is 4.31. The molecule has 24 heavy (non-hydrogen) atoms. The average Bonchev–Trinajstić information content (AvgIpc) is 2.96. The van der Waals surface area contributed by atoms with E-state index in [0.717, 1.165) is 5.56 Å². The van der Waals surface area contributed by atoms with Crippen molar-refractivity contribution in [2.45, 2.75) is 18.9 Å². The van der Waals surface area contributed by atoms with Crippen LogP contribution in [-0.2, 0) is 0 Å². The molecule has 0 unspecified atom stereocenters. The van der Waals surface area contributed by atoms with Crippen LogP contribution in [0, 0.1) is 17.0 Å². The molecule has 2 N–H and O–H groups in total.